The van der Waals surface area contributed by atoms with Crippen LogP contribution in [0.25, 0.3) is 6.08 Å². The molecule has 1 amide bonds. The Kier molecular flexibility index (Phi) is 5.85. The van der Waals surface area contributed by atoms with E-state index >= 15 is 0 Å². The Morgan fingerprint density at radius 1 is 1.20 bits per heavy atom. The summed E-state index contributed by atoms with van der Waals surface area (Å²) in [6.45, 7) is 0. The van der Waals surface area contributed by atoms with Gasteiger partial charge in [0.1, 0.15) is 5.69 Å². The third-order valence-electron chi connectivity index (χ3n) is 5.27. The summed E-state index contributed by atoms with van der Waals surface area (Å²) in [7, 11) is 1.79. The van der Waals surface area contributed by atoms with E-state index < -0.39 is 4.92 Å². The summed E-state index contributed by atoms with van der Waals surface area (Å²) in [5.41, 5.74) is 1.93. The fraction of sp³-hybridized carbons (Fsp3) is 0.273. The molecule has 2 aromatic rings. The van der Waals surface area contributed by atoms with E-state index in [2.05, 4.69) is 10.3 Å². The first-order chi connectivity index (χ1) is 14.5. The zero-order valence-electron chi connectivity index (χ0n) is 16.6. The molecule has 0 spiro atoms. The summed E-state index contributed by atoms with van der Waals surface area (Å²) in [5, 5.41) is 15.1. The number of hydrogen-bond donors (Lipinski definition) is 1. The number of nitrogens with zero attached hydrogens (tertiary/aromatic N) is 3. The molecule has 7 nitrogen and oxygen atoms in total. The van der Waals surface area contributed by atoms with Crippen molar-refractivity contribution in [3.8, 4) is 0 Å². The van der Waals surface area contributed by atoms with Crippen molar-refractivity contribution < 1.29 is 9.72 Å². The summed E-state index contributed by atoms with van der Waals surface area (Å²) in [4.78, 5) is 30.5. The number of nitro benzene ring substituents is 1. The third-order valence-corrected chi connectivity index (χ3v) is 6.20. The number of nitro groups is 1. The zero-order chi connectivity index (χ0) is 21.1. The summed E-state index contributed by atoms with van der Waals surface area (Å²) in [5.74, 6) is -0.218. The molecule has 8 heteroatoms. The molecule has 2 aromatic carbocycles. The van der Waals surface area contributed by atoms with E-state index in [0.29, 0.717) is 21.3 Å². The van der Waals surface area contributed by atoms with Gasteiger partial charge in [-0.3, -0.25) is 19.9 Å². The molecule has 30 heavy (non-hydrogen) atoms. The molecule has 0 atom stereocenters. The number of anilines is 2. The van der Waals surface area contributed by atoms with Crippen molar-refractivity contribution in [3.05, 3.63) is 69.1 Å². The standard InChI is InChI=1S/C22H22N4O3S/c1-25(17-9-3-2-4-10-17)18-12-11-15(13-19(18)26(28)29)14-20-21(27)24-22(30-20)23-16-7-5-6-8-16/h2-4,9-14,16H,5-8H2,1H3,(H,23,24,27)/b20-14-. The Labute approximate surface area is 179 Å². The number of thioether (sulfide) groups is 1. The summed E-state index contributed by atoms with van der Waals surface area (Å²) >= 11 is 1.29. The molecule has 2 fully saturated rings. The summed E-state index contributed by atoms with van der Waals surface area (Å²) in [6, 6.07) is 14.7. The molecular weight excluding hydrogens is 400 g/mol. The summed E-state index contributed by atoms with van der Waals surface area (Å²) < 4.78 is 0. The van der Waals surface area contributed by atoms with Crippen molar-refractivity contribution in [1.82, 2.24) is 5.32 Å². The van der Waals surface area contributed by atoms with Crippen LogP contribution in [0.4, 0.5) is 17.1 Å². The fourth-order valence-electron chi connectivity index (χ4n) is 3.69. The van der Waals surface area contributed by atoms with Gasteiger partial charge in [0.05, 0.1) is 15.9 Å². The van der Waals surface area contributed by atoms with E-state index in [1.54, 1.807) is 30.2 Å². The second kappa shape index (κ2) is 8.71. The largest absolute Gasteiger partial charge is 0.339 e. The van der Waals surface area contributed by atoms with Gasteiger partial charge in [-0.25, -0.2) is 0 Å². The van der Waals surface area contributed by atoms with Crippen LogP contribution < -0.4 is 10.2 Å². The van der Waals surface area contributed by atoms with Gasteiger partial charge in [-0.15, -0.1) is 0 Å². The van der Waals surface area contributed by atoms with Crippen LogP contribution in [-0.2, 0) is 4.79 Å². The topological polar surface area (TPSA) is 87.8 Å². The van der Waals surface area contributed by atoms with Crippen molar-refractivity contribution in [2.24, 2.45) is 4.99 Å². The van der Waals surface area contributed by atoms with Gasteiger partial charge in [-0.1, -0.05) is 37.1 Å². The van der Waals surface area contributed by atoms with Crippen LogP contribution in [0, 0.1) is 10.1 Å². The van der Waals surface area contributed by atoms with E-state index in [0.717, 1.165) is 18.5 Å². The number of benzene rings is 2. The highest BCUT2D eigenvalue weighted by Gasteiger charge is 2.26. The average molecular weight is 423 g/mol. The van der Waals surface area contributed by atoms with Gasteiger partial charge in [0.25, 0.3) is 11.6 Å². The molecule has 1 saturated carbocycles. The molecule has 154 valence electrons. The Balaban J connectivity index is 1.60. The molecule has 1 aliphatic heterocycles. The number of nitrogens with one attached hydrogen (secondary N) is 1. The Morgan fingerprint density at radius 2 is 1.93 bits per heavy atom. The van der Waals surface area contributed by atoms with Gasteiger partial charge < -0.3 is 10.2 Å². The molecule has 4 rings (SSSR count). The Morgan fingerprint density at radius 3 is 2.63 bits per heavy atom. The van der Waals surface area contributed by atoms with Gasteiger partial charge in [-0.05, 0) is 54.4 Å². The number of para-hydroxylation sites is 1. The van der Waals surface area contributed by atoms with Crippen LogP contribution in [0.2, 0.25) is 0 Å². The monoisotopic (exact) mass is 422 g/mol. The van der Waals surface area contributed by atoms with Gasteiger partial charge in [0.15, 0.2) is 5.17 Å². The van der Waals surface area contributed by atoms with Gasteiger partial charge >= 0.3 is 0 Å². The van der Waals surface area contributed by atoms with E-state index in [1.807, 2.05) is 30.3 Å². The van der Waals surface area contributed by atoms with Gasteiger partial charge in [0.2, 0.25) is 0 Å². The van der Waals surface area contributed by atoms with Crippen molar-refractivity contribution in [1.29, 1.82) is 0 Å². The maximum Gasteiger partial charge on any atom is 0.293 e. The number of carbonyl (C=O) groups excluding carboxylic acids is 1. The molecule has 2 aliphatic rings. The quantitative estimate of drug-likeness (QED) is 0.422. The van der Waals surface area contributed by atoms with E-state index in [1.165, 1.54) is 30.7 Å². The Hall–Kier alpha value is -3.13. The lowest BCUT2D eigenvalue weighted by molar-refractivity contribution is -0.384. The lowest BCUT2D eigenvalue weighted by Gasteiger charge is -2.19. The average Bonchev–Trinajstić information content (AvgIpc) is 3.38. The van der Waals surface area contributed by atoms with Crippen LogP contribution in [0.3, 0.4) is 0 Å². The molecule has 0 aromatic heterocycles. The van der Waals surface area contributed by atoms with Crippen LogP contribution in [0.5, 0.6) is 0 Å². The number of amides is 1. The molecule has 0 unspecified atom stereocenters. The highest BCUT2D eigenvalue weighted by Crippen LogP contribution is 2.35. The maximum absolute atomic E-state index is 12.3. The van der Waals surface area contributed by atoms with Gasteiger partial charge in [0, 0.05) is 18.8 Å². The van der Waals surface area contributed by atoms with Crippen molar-refractivity contribution in [3.63, 3.8) is 0 Å². The highest BCUT2D eigenvalue weighted by atomic mass is 32.2. The van der Waals surface area contributed by atoms with E-state index in [9.17, 15) is 14.9 Å². The van der Waals surface area contributed by atoms with Crippen LogP contribution in [-0.4, -0.2) is 29.1 Å². The highest BCUT2D eigenvalue weighted by molar-refractivity contribution is 8.18. The first-order valence-corrected chi connectivity index (χ1v) is 10.7. The SMILES string of the molecule is CN(c1ccccc1)c1ccc(/C=C2\SC(=NC3CCCC3)NC2=O)cc1[N+](=O)[O-]. The third kappa shape index (κ3) is 4.38. The number of aliphatic imine (C=N–C) groups is 1. The minimum absolute atomic E-state index is 0.0149. The molecule has 1 N–H and O–H groups in total. The fourth-order valence-corrected chi connectivity index (χ4v) is 4.58. The van der Waals surface area contributed by atoms with E-state index in [-0.39, 0.29) is 17.6 Å². The molecule has 0 bridgehead atoms. The molecule has 1 aliphatic carbocycles. The molecule has 0 radical (unpaired) electrons. The minimum atomic E-state index is -0.397. The lowest BCUT2D eigenvalue weighted by atomic mass is 10.1. The van der Waals surface area contributed by atoms with Crippen molar-refractivity contribution in [2.75, 3.05) is 11.9 Å². The number of carbonyl (C=O) groups is 1. The predicted octanol–water partition coefficient (Wildman–Crippen LogP) is 4.87. The van der Waals surface area contributed by atoms with Crippen molar-refractivity contribution >= 4 is 46.0 Å². The molecule has 1 saturated heterocycles. The second-order valence-corrected chi connectivity index (χ2v) is 8.37. The normalized spacial score (nSPS) is 19.4. The number of hydrogen-bond acceptors (Lipinski definition) is 6. The second-order valence-electron chi connectivity index (χ2n) is 7.34. The molecule has 1 heterocycles. The predicted molar refractivity (Wildman–Crippen MR) is 121 cm³/mol. The number of rotatable bonds is 5. The van der Waals surface area contributed by atoms with Crippen molar-refractivity contribution in [2.45, 2.75) is 31.7 Å². The lowest BCUT2D eigenvalue weighted by Crippen LogP contribution is -2.21. The zero-order valence-corrected chi connectivity index (χ0v) is 17.4. The van der Waals surface area contributed by atoms with Crippen LogP contribution in [0.15, 0.2) is 58.4 Å². The summed E-state index contributed by atoms with van der Waals surface area (Å²) in [6.07, 6.45) is 6.14. The number of amidine groups is 1. The van der Waals surface area contributed by atoms with Crippen LogP contribution >= 0.6 is 11.8 Å². The molecular formula is C22H22N4O3S. The first kappa shape index (κ1) is 20.2. The first-order valence-electron chi connectivity index (χ1n) is 9.87. The van der Waals surface area contributed by atoms with Crippen LogP contribution in [0.1, 0.15) is 31.2 Å². The van der Waals surface area contributed by atoms with Gasteiger partial charge in [-0.2, -0.15) is 0 Å². The smallest absolute Gasteiger partial charge is 0.293 e. The Bertz CT molecular complexity index is 1030. The van der Waals surface area contributed by atoms with E-state index in [4.69, 9.17) is 0 Å². The maximum atomic E-state index is 12.3. The minimum Gasteiger partial charge on any atom is -0.339 e.